The Labute approximate surface area is 142 Å². The van der Waals surface area contributed by atoms with Gasteiger partial charge >= 0.3 is 0 Å². The van der Waals surface area contributed by atoms with Crippen molar-refractivity contribution in [3.63, 3.8) is 0 Å². The number of nitrogens with one attached hydrogen (secondary N) is 1. The highest BCUT2D eigenvalue weighted by atomic mass is 16.5. The van der Waals surface area contributed by atoms with Crippen LogP contribution in [-0.4, -0.2) is 43.2 Å². The fourth-order valence-corrected chi connectivity index (χ4v) is 2.18. The van der Waals surface area contributed by atoms with Crippen LogP contribution in [0.1, 0.15) is 17.2 Å². The Morgan fingerprint density at radius 3 is 2.58 bits per heavy atom. The Hall–Kier alpha value is -2.37. The van der Waals surface area contributed by atoms with E-state index in [1.807, 2.05) is 44.1 Å². The maximum Gasteiger partial charge on any atom is 0.257 e. The van der Waals surface area contributed by atoms with Crippen molar-refractivity contribution in [2.45, 2.75) is 13.0 Å². The van der Waals surface area contributed by atoms with Gasteiger partial charge in [0.05, 0.1) is 5.69 Å². The molecule has 0 heterocycles. The number of aliphatic hydroxyl groups excluding tert-OH is 1. The SMILES string of the molecule is Cc1ccc(NC(=O)C(O)c2ccccc2)c(OCCN(C)C)c1. The third kappa shape index (κ3) is 5.08. The molecule has 2 rings (SSSR count). The summed E-state index contributed by atoms with van der Waals surface area (Å²) in [5.74, 6) is 0.118. The molecule has 0 aromatic heterocycles. The van der Waals surface area contributed by atoms with Gasteiger partial charge in [-0.25, -0.2) is 0 Å². The van der Waals surface area contributed by atoms with Crippen LogP contribution < -0.4 is 10.1 Å². The maximum atomic E-state index is 12.3. The molecule has 0 aliphatic heterocycles. The number of aryl methyl sites for hydroxylation is 1. The molecule has 0 radical (unpaired) electrons. The number of hydrogen-bond acceptors (Lipinski definition) is 4. The number of aliphatic hydroxyl groups is 1. The van der Waals surface area contributed by atoms with Crippen LogP contribution in [0.5, 0.6) is 5.75 Å². The smallest absolute Gasteiger partial charge is 0.257 e. The molecule has 1 atom stereocenters. The van der Waals surface area contributed by atoms with Crippen molar-refractivity contribution in [2.75, 3.05) is 32.6 Å². The third-order valence-corrected chi connectivity index (χ3v) is 3.55. The van der Waals surface area contributed by atoms with Gasteiger partial charge < -0.3 is 20.1 Å². The molecule has 2 aromatic carbocycles. The first-order valence-corrected chi connectivity index (χ1v) is 7.89. The Morgan fingerprint density at radius 1 is 1.21 bits per heavy atom. The molecule has 24 heavy (non-hydrogen) atoms. The molecule has 2 aromatic rings. The van der Waals surface area contributed by atoms with Gasteiger partial charge in [-0.05, 0) is 44.3 Å². The Morgan fingerprint density at radius 2 is 1.92 bits per heavy atom. The number of amides is 1. The van der Waals surface area contributed by atoms with Crippen molar-refractivity contribution in [1.29, 1.82) is 0 Å². The topological polar surface area (TPSA) is 61.8 Å². The fourth-order valence-electron chi connectivity index (χ4n) is 2.18. The van der Waals surface area contributed by atoms with Gasteiger partial charge in [-0.1, -0.05) is 36.4 Å². The van der Waals surface area contributed by atoms with Gasteiger partial charge in [-0.2, -0.15) is 0 Å². The summed E-state index contributed by atoms with van der Waals surface area (Å²) >= 11 is 0. The van der Waals surface area contributed by atoms with Crippen molar-refractivity contribution < 1.29 is 14.6 Å². The second kappa shape index (κ2) is 8.47. The lowest BCUT2D eigenvalue weighted by atomic mass is 10.1. The zero-order valence-electron chi connectivity index (χ0n) is 14.3. The van der Waals surface area contributed by atoms with Gasteiger partial charge in [-0.3, -0.25) is 4.79 Å². The molecule has 2 N–H and O–H groups in total. The predicted molar refractivity (Wildman–Crippen MR) is 95.3 cm³/mol. The lowest BCUT2D eigenvalue weighted by Crippen LogP contribution is -2.22. The molecule has 0 bridgehead atoms. The van der Waals surface area contributed by atoms with Crippen molar-refractivity contribution in [2.24, 2.45) is 0 Å². The summed E-state index contributed by atoms with van der Waals surface area (Å²) in [6.45, 7) is 3.25. The first-order valence-electron chi connectivity index (χ1n) is 7.89. The van der Waals surface area contributed by atoms with Crippen molar-refractivity contribution in [1.82, 2.24) is 4.90 Å². The summed E-state index contributed by atoms with van der Waals surface area (Å²) in [7, 11) is 3.94. The van der Waals surface area contributed by atoms with Gasteiger partial charge in [0.25, 0.3) is 5.91 Å². The molecular formula is C19H24N2O3. The second-order valence-electron chi connectivity index (χ2n) is 5.95. The average Bonchev–Trinajstić information content (AvgIpc) is 2.57. The van der Waals surface area contributed by atoms with E-state index in [0.717, 1.165) is 12.1 Å². The minimum Gasteiger partial charge on any atom is -0.490 e. The summed E-state index contributed by atoms with van der Waals surface area (Å²) < 4.78 is 5.78. The van der Waals surface area contributed by atoms with Gasteiger partial charge in [0.1, 0.15) is 12.4 Å². The summed E-state index contributed by atoms with van der Waals surface area (Å²) in [6, 6.07) is 14.4. The maximum absolute atomic E-state index is 12.3. The van der Waals surface area contributed by atoms with Crippen LogP contribution in [0.2, 0.25) is 0 Å². The quantitative estimate of drug-likeness (QED) is 0.820. The fraction of sp³-hybridized carbons (Fsp3) is 0.316. The minimum absolute atomic E-state index is 0.484. The largest absolute Gasteiger partial charge is 0.490 e. The monoisotopic (exact) mass is 328 g/mol. The number of rotatable bonds is 7. The normalized spacial score (nSPS) is 12.0. The molecule has 0 aliphatic rings. The molecule has 0 fully saturated rings. The molecular weight excluding hydrogens is 304 g/mol. The lowest BCUT2D eigenvalue weighted by molar-refractivity contribution is -0.124. The van der Waals surface area contributed by atoms with E-state index in [4.69, 9.17) is 4.74 Å². The van der Waals surface area contributed by atoms with Gasteiger partial charge in [-0.15, -0.1) is 0 Å². The van der Waals surface area contributed by atoms with Crippen molar-refractivity contribution in [3.05, 3.63) is 59.7 Å². The standard InChI is InChI=1S/C19H24N2O3/c1-14-9-10-16(17(13-14)24-12-11-21(2)3)20-19(23)18(22)15-7-5-4-6-8-15/h4-10,13,18,22H,11-12H2,1-3H3,(H,20,23). The number of ether oxygens (including phenoxy) is 1. The second-order valence-corrected chi connectivity index (χ2v) is 5.95. The van der Waals surface area contributed by atoms with E-state index in [2.05, 4.69) is 5.32 Å². The Bertz CT molecular complexity index is 672. The summed E-state index contributed by atoms with van der Waals surface area (Å²) in [4.78, 5) is 14.3. The highest BCUT2D eigenvalue weighted by Gasteiger charge is 2.18. The first-order chi connectivity index (χ1) is 11.5. The number of benzene rings is 2. The molecule has 0 saturated heterocycles. The number of hydrogen-bond donors (Lipinski definition) is 2. The Kier molecular flexibility index (Phi) is 6.35. The third-order valence-electron chi connectivity index (χ3n) is 3.55. The van der Waals surface area contributed by atoms with Crippen LogP contribution in [0.25, 0.3) is 0 Å². The number of likely N-dealkylation sites (N-methyl/N-ethyl adjacent to an activating group) is 1. The van der Waals surface area contributed by atoms with E-state index in [9.17, 15) is 9.90 Å². The molecule has 128 valence electrons. The lowest BCUT2D eigenvalue weighted by Gasteiger charge is -2.17. The van der Waals surface area contributed by atoms with Crippen LogP contribution in [-0.2, 0) is 4.79 Å². The van der Waals surface area contributed by atoms with Gasteiger partial charge in [0, 0.05) is 6.54 Å². The predicted octanol–water partition coefficient (Wildman–Crippen LogP) is 2.61. The average molecular weight is 328 g/mol. The molecule has 1 amide bonds. The minimum atomic E-state index is -1.22. The van der Waals surface area contributed by atoms with E-state index < -0.39 is 12.0 Å². The highest BCUT2D eigenvalue weighted by Crippen LogP contribution is 2.27. The van der Waals surface area contributed by atoms with E-state index in [1.54, 1.807) is 30.3 Å². The van der Waals surface area contributed by atoms with Crippen LogP contribution in [0.4, 0.5) is 5.69 Å². The Balaban J connectivity index is 2.09. The molecule has 0 saturated carbocycles. The van der Waals surface area contributed by atoms with Crippen LogP contribution in [0.3, 0.4) is 0 Å². The summed E-state index contributed by atoms with van der Waals surface area (Å²) in [6.07, 6.45) is -1.22. The van der Waals surface area contributed by atoms with E-state index in [0.29, 0.717) is 23.6 Å². The van der Waals surface area contributed by atoms with E-state index in [-0.39, 0.29) is 0 Å². The van der Waals surface area contributed by atoms with Gasteiger partial charge in [0.15, 0.2) is 6.10 Å². The zero-order valence-corrected chi connectivity index (χ0v) is 14.3. The molecule has 0 spiro atoms. The highest BCUT2D eigenvalue weighted by molar-refractivity contribution is 5.96. The van der Waals surface area contributed by atoms with Crippen molar-refractivity contribution >= 4 is 11.6 Å². The summed E-state index contributed by atoms with van der Waals surface area (Å²) in [5.41, 5.74) is 2.15. The number of carbonyl (C=O) groups is 1. The van der Waals surface area contributed by atoms with Crippen LogP contribution in [0, 0.1) is 6.92 Å². The van der Waals surface area contributed by atoms with Gasteiger partial charge in [0.2, 0.25) is 0 Å². The van der Waals surface area contributed by atoms with Crippen LogP contribution in [0.15, 0.2) is 48.5 Å². The van der Waals surface area contributed by atoms with E-state index in [1.165, 1.54) is 0 Å². The number of carbonyl (C=O) groups excluding carboxylic acids is 1. The van der Waals surface area contributed by atoms with Crippen LogP contribution >= 0.6 is 0 Å². The zero-order chi connectivity index (χ0) is 17.5. The number of nitrogens with zero attached hydrogens (tertiary/aromatic N) is 1. The van der Waals surface area contributed by atoms with E-state index >= 15 is 0 Å². The first kappa shape index (κ1) is 18.0. The molecule has 1 unspecified atom stereocenters. The molecule has 5 nitrogen and oxygen atoms in total. The summed E-state index contributed by atoms with van der Waals surface area (Å²) in [5, 5.41) is 12.9. The molecule has 5 heteroatoms. The number of anilines is 1. The molecule has 0 aliphatic carbocycles. The van der Waals surface area contributed by atoms with Crippen molar-refractivity contribution in [3.8, 4) is 5.75 Å².